The van der Waals surface area contributed by atoms with Crippen LogP contribution in [0.3, 0.4) is 0 Å². The summed E-state index contributed by atoms with van der Waals surface area (Å²) in [6.45, 7) is 8.83. The maximum Gasteiger partial charge on any atom is 0.279 e. The van der Waals surface area contributed by atoms with E-state index in [1.807, 2.05) is 12.1 Å². The Morgan fingerprint density at radius 1 is 1.12 bits per heavy atom. The van der Waals surface area contributed by atoms with Crippen molar-refractivity contribution in [2.75, 3.05) is 25.0 Å². The molecular formula is C14H23N2O+. The third-order valence-corrected chi connectivity index (χ3v) is 3.06. The Bertz CT molecular complexity index is 342. The highest BCUT2D eigenvalue weighted by atomic mass is 16.2. The molecule has 1 aromatic carbocycles. The van der Waals surface area contributed by atoms with E-state index in [0.717, 1.165) is 25.2 Å². The molecule has 0 aliphatic carbocycles. The van der Waals surface area contributed by atoms with Crippen LogP contribution in [0.1, 0.15) is 26.3 Å². The highest BCUT2D eigenvalue weighted by Crippen LogP contribution is 2.09. The summed E-state index contributed by atoms with van der Waals surface area (Å²) in [5, 5.41) is 2.93. The Morgan fingerprint density at radius 2 is 1.71 bits per heavy atom. The number of carbonyl (C=O) groups is 1. The molecule has 0 heterocycles. The van der Waals surface area contributed by atoms with Gasteiger partial charge in [0, 0.05) is 5.69 Å². The number of nitrogens with one attached hydrogen (secondary N) is 2. The quantitative estimate of drug-likeness (QED) is 0.761. The Morgan fingerprint density at radius 3 is 2.18 bits per heavy atom. The predicted octanol–water partition coefficient (Wildman–Crippen LogP) is 1.11. The molecule has 0 atom stereocenters. The standard InChI is InChI=1S/C14H22N2O/c1-4-12-7-9-13(10-8-12)15-14(17)11-16(5-2)6-3/h7-10H,4-6,11H2,1-3H3,(H,15,17)/p+1. The van der Waals surface area contributed by atoms with Crippen molar-refractivity contribution < 1.29 is 9.69 Å². The highest BCUT2D eigenvalue weighted by Gasteiger charge is 2.10. The van der Waals surface area contributed by atoms with Crippen molar-refractivity contribution in [3.63, 3.8) is 0 Å². The summed E-state index contributed by atoms with van der Waals surface area (Å²) in [7, 11) is 0. The molecule has 2 N–H and O–H groups in total. The summed E-state index contributed by atoms with van der Waals surface area (Å²) >= 11 is 0. The van der Waals surface area contributed by atoms with Gasteiger partial charge in [-0.05, 0) is 38.0 Å². The normalized spacial score (nSPS) is 10.6. The van der Waals surface area contributed by atoms with E-state index < -0.39 is 0 Å². The molecule has 0 radical (unpaired) electrons. The van der Waals surface area contributed by atoms with Gasteiger partial charge in [0.05, 0.1) is 13.1 Å². The molecule has 0 unspecified atom stereocenters. The minimum Gasteiger partial charge on any atom is -0.328 e. The Hall–Kier alpha value is -1.35. The second-order valence-corrected chi connectivity index (χ2v) is 4.23. The molecule has 0 aromatic heterocycles. The second kappa shape index (κ2) is 7.07. The first-order chi connectivity index (χ1) is 8.19. The van der Waals surface area contributed by atoms with E-state index in [1.165, 1.54) is 10.5 Å². The lowest BCUT2D eigenvalue weighted by Gasteiger charge is -2.14. The van der Waals surface area contributed by atoms with Crippen LogP contribution in [0, 0.1) is 0 Å². The molecule has 0 saturated heterocycles. The number of carbonyl (C=O) groups excluding carboxylic acids is 1. The first kappa shape index (κ1) is 13.7. The largest absolute Gasteiger partial charge is 0.328 e. The summed E-state index contributed by atoms with van der Waals surface area (Å²) in [5.41, 5.74) is 2.18. The number of likely N-dealkylation sites (N-methyl/N-ethyl adjacent to an activating group) is 1. The molecule has 1 amide bonds. The van der Waals surface area contributed by atoms with Crippen molar-refractivity contribution in [3.8, 4) is 0 Å². The fourth-order valence-electron chi connectivity index (χ4n) is 1.76. The van der Waals surface area contributed by atoms with Crippen LogP contribution in [0.4, 0.5) is 5.69 Å². The van der Waals surface area contributed by atoms with Crippen LogP contribution in [0.5, 0.6) is 0 Å². The number of amides is 1. The van der Waals surface area contributed by atoms with Gasteiger partial charge in [-0.25, -0.2) is 0 Å². The predicted molar refractivity (Wildman–Crippen MR) is 71.4 cm³/mol. The van der Waals surface area contributed by atoms with Crippen molar-refractivity contribution >= 4 is 11.6 Å². The summed E-state index contributed by atoms with van der Waals surface area (Å²) < 4.78 is 0. The van der Waals surface area contributed by atoms with Crippen molar-refractivity contribution in [2.45, 2.75) is 27.2 Å². The summed E-state index contributed by atoms with van der Waals surface area (Å²) in [6, 6.07) is 8.04. The van der Waals surface area contributed by atoms with Gasteiger partial charge in [0.1, 0.15) is 0 Å². The lowest BCUT2D eigenvalue weighted by molar-refractivity contribution is -0.888. The lowest BCUT2D eigenvalue weighted by atomic mass is 10.1. The SMILES string of the molecule is CCc1ccc(NC(=O)C[NH+](CC)CC)cc1. The number of anilines is 1. The summed E-state index contributed by atoms with van der Waals surface area (Å²) in [5.74, 6) is 0.0907. The van der Waals surface area contributed by atoms with E-state index in [1.54, 1.807) is 0 Å². The van der Waals surface area contributed by atoms with Gasteiger partial charge in [-0.1, -0.05) is 19.1 Å². The van der Waals surface area contributed by atoms with Gasteiger partial charge in [-0.15, -0.1) is 0 Å². The zero-order chi connectivity index (χ0) is 12.7. The van der Waals surface area contributed by atoms with E-state index in [-0.39, 0.29) is 5.91 Å². The second-order valence-electron chi connectivity index (χ2n) is 4.23. The van der Waals surface area contributed by atoms with Gasteiger partial charge in [0.15, 0.2) is 6.54 Å². The van der Waals surface area contributed by atoms with E-state index in [0.29, 0.717) is 6.54 Å². The van der Waals surface area contributed by atoms with Crippen molar-refractivity contribution in [1.29, 1.82) is 0 Å². The van der Waals surface area contributed by atoms with Gasteiger partial charge in [-0.3, -0.25) is 4.79 Å². The van der Waals surface area contributed by atoms with E-state index in [2.05, 4.69) is 38.2 Å². The van der Waals surface area contributed by atoms with Gasteiger partial charge in [0.25, 0.3) is 5.91 Å². The molecule has 0 bridgehead atoms. The third kappa shape index (κ3) is 4.57. The number of quaternary nitrogens is 1. The average Bonchev–Trinajstić information content (AvgIpc) is 2.37. The number of hydrogen-bond donors (Lipinski definition) is 2. The zero-order valence-corrected chi connectivity index (χ0v) is 11.0. The maximum atomic E-state index is 11.8. The highest BCUT2D eigenvalue weighted by molar-refractivity contribution is 5.91. The first-order valence-electron chi connectivity index (χ1n) is 6.41. The zero-order valence-electron chi connectivity index (χ0n) is 11.0. The molecule has 3 nitrogen and oxygen atoms in total. The average molecular weight is 235 g/mol. The van der Waals surface area contributed by atoms with E-state index in [9.17, 15) is 4.79 Å². The molecule has 0 spiro atoms. The topological polar surface area (TPSA) is 33.5 Å². The number of benzene rings is 1. The van der Waals surface area contributed by atoms with Gasteiger partial charge < -0.3 is 10.2 Å². The van der Waals surface area contributed by atoms with Crippen LogP contribution in [0.2, 0.25) is 0 Å². The van der Waals surface area contributed by atoms with Crippen LogP contribution in [0.25, 0.3) is 0 Å². The maximum absolute atomic E-state index is 11.8. The molecule has 3 heteroatoms. The molecule has 0 aliphatic rings. The van der Waals surface area contributed by atoms with Crippen molar-refractivity contribution in [2.24, 2.45) is 0 Å². The van der Waals surface area contributed by atoms with Gasteiger partial charge in [-0.2, -0.15) is 0 Å². The molecule has 0 saturated carbocycles. The van der Waals surface area contributed by atoms with E-state index in [4.69, 9.17) is 0 Å². The Balaban J connectivity index is 2.49. The summed E-state index contributed by atoms with van der Waals surface area (Å²) in [4.78, 5) is 13.1. The molecule has 1 rings (SSSR count). The third-order valence-electron chi connectivity index (χ3n) is 3.06. The molecule has 0 aliphatic heterocycles. The number of hydrogen-bond acceptors (Lipinski definition) is 1. The molecular weight excluding hydrogens is 212 g/mol. The monoisotopic (exact) mass is 235 g/mol. The van der Waals surface area contributed by atoms with Crippen LogP contribution >= 0.6 is 0 Å². The first-order valence-corrected chi connectivity index (χ1v) is 6.41. The molecule has 0 fully saturated rings. The minimum absolute atomic E-state index is 0.0907. The summed E-state index contributed by atoms with van der Waals surface area (Å²) in [6.07, 6.45) is 1.03. The van der Waals surface area contributed by atoms with Crippen molar-refractivity contribution in [3.05, 3.63) is 29.8 Å². The Kier molecular flexibility index (Phi) is 5.70. The van der Waals surface area contributed by atoms with Gasteiger partial charge >= 0.3 is 0 Å². The van der Waals surface area contributed by atoms with Crippen LogP contribution in [-0.2, 0) is 11.2 Å². The fraction of sp³-hybridized carbons (Fsp3) is 0.500. The minimum atomic E-state index is 0.0907. The molecule has 17 heavy (non-hydrogen) atoms. The van der Waals surface area contributed by atoms with Crippen LogP contribution in [0.15, 0.2) is 24.3 Å². The van der Waals surface area contributed by atoms with Crippen molar-refractivity contribution in [1.82, 2.24) is 0 Å². The Labute approximate surface area is 104 Å². The number of rotatable bonds is 6. The molecule has 1 aromatic rings. The van der Waals surface area contributed by atoms with Crippen LogP contribution in [-0.4, -0.2) is 25.5 Å². The van der Waals surface area contributed by atoms with Crippen LogP contribution < -0.4 is 10.2 Å². The fourth-order valence-corrected chi connectivity index (χ4v) is 1.76. The van der Waals surface area contributed by atoms with E-state index >= 15 is 0 Å². The number of aryl methyl sites for hydroxylation is 1. The van der Waals surface area contributed by atoms with Gasteiger partial charge in [0.2, 0.25) is 0 Å². The molecule has 94 valence electrons. The smallest absolute Gasteiger partial charge is 0.279 e. The lowest BCUT2D eigenvalue weighted by Crippen LogP contribution is -3.12.